The number of aromatic nitrogens is 3. The Morgan fingerprint density at radius 3 is 1.33 bits per heavy atom. The Kier molecular flexibility index (Phi) is 7.10. The Hall–Kier alpha value is -7.04. The zero-order chi connectivity index (χ0) is 34.4. The Morgan fingerprint density at radius 1 is 0.327 bits per heavy atom. The van der Waals surface area contributed by atoms with Crippen molar-refractivity contribution >= 4 is 32.6 Å². The Labute approximate surface area is 300 Å². The molecule has 0 saturated heterocycles. The maximum Gasteiger partial charge on any atom is 0.248 e. The lowest BCUT2D eigenvalue weighted by Crippen LogP contribution is -1.93. The molecule has 8 aromatic carbocycles. The highest BCUT2D eigenvalue weighted by atomic mass is 16.4. The van der Waals surface area contributed by atoms with Gasteiger partial charge in [0.15, 0.2) is 0 Å². The van der Waals surface area contributed by atoms with E-state index in [1.165, 1.54) is 54.8 Å². The van der Waals surface area contributed by atoms with Gasteiger partial charge in [-0.2, -0.15) is 0 Å². The second kappa shape index (κ2) is 12.4. The van der Waals surface area contributed by atoms with Crippen molar-refractivity contribution in [1.29, 1.82) is 0 Å². The number of benzene rings is 8. The van der Waals surface area contributed by atoms with Gasteiger partial charge in [-0.25, -0.2) is 0 Å². The summed E-state index contributed by atoms with van der Waals surface area (Å²) in [4.78, 5) is 0. The van der Waals surface area contributed by atoms with Crippen LogP contribution in [0.4, 0.5) is 0 Å². The Balaban J connectivity index is 1.03. The minimum Gasteiger partial charge on any atom is -0.416 e. The molecule has 0 atom stereocenters. The summed E-state index contributed by atoms with van der Waals surface area (Å²) in [5.74, 6) is 1.02. The molecule has 0 N–H and O–H groups in total. The van der Waals surface area contributed by atoms with E-state index in [1.807, 2.05) is 30.3 Å². The van der Waals surface area contributed by atoms with Gasteiger partial charge in [0.25, 0.3) is 0 Å². The summed E-state index contributed by atoms with van der Waals surface area (Å²) in [6, 6.07) is 66.6. The molecule has 2 aromatic heterocycles. The third-order valence-electron chi connectivity index (χ3n) is 9.99. The lowest BCUT2D eigenvalue weighted by atomic mass is 9.97. The molecule has 0 aliphatic heterocycles. The second-order valence-corrected chi connectivity index (χ2v) is 13.1. The van der Waals surface area contributed by atoms with Crippen LogP contribution in [0.1, 0.15) is 0 Å². The van der Waals surface area contributed by atoms with Crippen LogP contribution < -0.4 is 0 Å². The molecule has 0 spiro atoms. The van der Waals surface area contributed by atoms with E-state index in [0.29, 0.717) is 11.8 Å². The van der Waals surface area contributed by atoms with Crippen molar-refractivity contribution in [3.8, 4) is 62.0 Å². The van der Waals surface area contributed by atoms with Crippen molar-refractivity contribution in [2.24, 2.45) is 0 Å². The molecule has 244 valence electrons. The lowest BCUT2D eigenvalue weighted by Gasteiger charge is -2.09. The van der Waals surface area contributed by atoms with Gasteiger partial charge in [0.05, 0.1) is 11.0 Å². The number of hydrogen-bond donors (Lipinski definition) is 0. The number of hydrogen-bond acceptors (Lipinski definition) is 3. The van der Waals surface area contributed by atoms with Crippen LogP contribution in [0.15, 0.2) is 192 Å². The Morgan fingerprint density at radius 2 is 0.750 bits per heavy atom. The maximum atomic E-state index is 6.02. The van der Waals surface area contributed by atoms with Gasteiger partial charge in [0.1, 0.15) is 0 Å². The van der Waals surface area contributed by atoms with Crippen LogP contribution in [-0.4, -0.2) is 14.8 Å². The molecular formula is C48H31N3O. The van der Waals surface area contributed by atoms with Crippen LogP contribution in [0.3, 0.4) is 0 Å². The molecule has 0 fully saturated rings. The number of fused-ring (bicyclic) bond motifs is 4. The molecule has 0 amide bonds. The van der Waals surface area contributed by atoms with Crippen LogP contribution in [0.25, 0.3) is 94.6 Å². The summed E-state index contributed by atoms with van der Waals surface area (Å²) in [6.45, 7) is 0. The van der Waals surface area contributed by atoms with E-state index in [-0.39, 0.29) is 0 Å². The van der Waals surface area contributed by atoms with E-state index >= 15 is 0 Å². The molecule has 0 unspecified atom stereocenters. The van der Waals surface area contributed by atoms with E-state index in [1.54, 1.807) is 0 Å². The fraction of sp³-hybridized carbons (Fsp3) is 0. The molecule has 0 aliphatic carbocycles. The molecular weight excluding hydrogens is 635 g/mol. The second-order valence-electron chi connectivity index (χ2n) is 13.1. The van der Waals surface area contributed by atoms with Crippen molar-refractivity contribution in [1.82, 2.24) is 14.8 Å². The van der Waals surface area contributed by atoms with Gasteiger partial charge in [-0.3, -0.25) is 0 Å². The van der Waals surface area contributed by atoms with Gasteiger partial charge in [-0.15, -0.1) is 10.2 Å². The fourth-order valence-corrected chi connectivity index (χ4v) is 7.30. The van der Waals surface area contributed by atoms with Crippen LogP contribution >= 0.6 is 0 Å². The normalized spacial score (nSPS) is 11.5. The molecule has 10 rings (SSSR count). The molecule has 0 bridgehead atoms. The zero-order valence-corrected chi connectivity index (χ0v) is 28.1. The van der Waals surface area contributed by atoms with E-state index in [0.717, 1.165) is 27.9 Å². The van der Waals surface area contributed by atoms with Crippen LogP contribution in [0.2, 0.25) is 0 Å². The summed E-state index contributed by atoms with van der Waals surface area (Å²) in [5, 5.41) is 13.5. The van der Waals surface area contributed by atoms with E-state index < -0.39 is 0 Å². The van der Waals surface area contributed by atoms with E-state index in [2.05, 4.69) is 172 Å². The quantitative estimate of drug-likeness (QED) is 0.178. The summed E-state index contributed by atoms with van der Waals surface area (Å²) < 4.78 is 8.38. The average molecular weight is 666 g/mol. The largest absolute Gasteiger partial charge is 0.416 e. The van der Waals surface area contributed by atoms with Gasteiger partial charge in [-0.1, -0.05) is 121 Å². The standard InChI is InChI=1S/C48H31N3O/c1-3-10-36(11-4-1)47-49-50-48(52-47)37-22-19-35(20-23-37)41-26-28-46-44(31-41)43-30-40(25-27-45(43)51(46)42-13-5-2-6-14-42)34-17-15-33(16-18-34)39-24-21-32-9-7-8-12-38(32)29-39/h1-31H. The highest BCUT2D eigenvalue weighted by Gasteiger charge is 2.16. The first-order valence-electron chi connectivity index (χ1n) is 17.5. The molecule has 52 heavy (non-hydrogen) atoms. The minimum absolute atomic E-state index is 0.504. The van der Waals surface area contributed by atoms with Crippen LogP contribution in [0, 0.1) is 0 Å². The van der Waals surface area contributed by atoms with Gasteiger partial charge < -0.3 is 8.98 Å². The summed E-state index contributed by atoms with van der Waals surface area (Å²) in [5.41, 5.74) is 12.4. The molecule has 2 heterocycles. The molecule has 10 aromatic rings. The van der Waals surface area contributed by atoms with Crippen molar-refractivity contribution in [3.05, 3.63) is 188 Å². The Bertz CT molecular complexity index is 2870. The van der Waals surface area contributed by atoms with Gasteiger partial charge in [-0.05, 0) is 111 Å². The number of nitrogens with zero attached hydrogens (tertiary/aromatic N) is 3. The number of para-hydroxylation sites is 1. The zero-order valence-electron chi connectivity index (χ0n) is 28.1. The predicted octanol–water partition coefficient (Wildman–Crippen LogP) is 12.7. The van der Waals surface area contributed by atoms with E-state index in [4.69, 9.17) is 4.42 Å². The summed E-state index contributed by atoms with van der Waals surface area (Å²) in [6.07, 6.45) is 0. The first kappa shape index (κ1) is 29.8. The first-order valence-corrected chi connectivity index (χ1v) is 17.5. The third kappa shape index (κ3) is 5.26. The van der Waals surface area contributed by atoms with Gasteiger partial charge in [0.2, 0.25) is 11.8 Å². The van der Waals surface area contributed by atoms with Crippen LogP contribution in [0.5, 0.6) is 0 Å². The topological polar surface area (TPSA) is 43.9 Å². The average Bonchev–Trinajstić information content (AvgIpc) is 3.85. The lowest BCUT2D eigenvalue weighted by molar-refractivity contribution is 0.584. The molecule has 0 radical (unpaired) electrons. The highest BCUT2D eigenvalue weighted by molar-refractivity contribution is 6.11. The minimum atomic E-state index is 0.504. The van der Waals surface area contributed by atoms with Crippen molar-refractivity contribution < 1.29 is 4.42 Å². The summed E-state index contributed by atoms with van der Waals surface area (Å²) >= 11 is 0. The predicted molar refractivity (Wildman–Crippen MR) is 213 cm³/mol. The van der Waals surface area contributed by atoms with Gasteiger partial charge in [0, 0.05) is 27.6 Å². The SMILES string of the molecule is c1ccc(-c2nnc(-c3ccc(-c4ccc5c(c4)c4cc(-c6ccc(-c7ccc8ccccc8c7)cc6)ccc4n5-c4ccccc4)cc3)o2)cc1. The van der Waals surface area contributed by atoms with Crippen molar-refractivity contribution in [2.75, 3.05) is 0 Å². The molecule has 4 heteroatoms. The molecule has 0 aliphatic rings. The maximum absolute atomic E-state index is 6.02. The van der Waals surface area contributed by atoms with Crippen LogP contribution in [-0.2, 0) is 0 Å². The van der Waals surface area contributed by atoms with Crippen molar-refractivity contribution in [2.45, 2.75) is 0 Å². The number of rotatable bonds is 6. The van der Waals surface area contributed by atoms with Gasteiger partial charge >= 0.3 is 0 Å². The monoisotopic (exact) mass is 665 g/mol. The van der Waals surface area contributed by atoms with E-state index in [9.17, 15) is 0 Å². The van der Waals surface area contributed by atoms with Crippen molar-refractivity contribution in [3.63, 3.8) is 0 Å². The molecule has 0 saturated carbocycles. The first-order chi connectivity index (χ1) is 25.7. The fourth-order valence-electron chi connectivity index (χ4n) is 7.30. The third-order valence-corrected chi connectivity index (χ3v) is 9.99. The smallest absolute Gasteiger partial charge is 0.248 e. The highest BCUT2D eigenvalue weighted by Crippen LogP contribution is 2.38. The molecule has 4 nitrogen and oxygen atoms in total. The summed E-state index contributed by atoms with van der Waals surface area (Å²) in [7, 11) is 0.